The molecule has 1 unspecified atom stereocenters. The summed E-state index contributed by atoms with van der Waals surface area (Å²) >= 11 is 3.32. The maximum Gasteiger partial charge on any atom is 0.220 e. The predicted octanol–water partition coefficient (Wildman–Crippen LogP) is 1.83. The smallest absolute Gasteiger partial charge is 0.220 e. The van der Waals surface area contributed by atoms with Gasteiger partial charge < -0.3 is 10.4 Å². The number of carbonyl (C=O) groups excluding carboxylic acids is 1. The molecule has 0 saturated heterocycles. The van der Waals surface area contributed by atoms with E-state index < -0.39 is 5.54 Å². The lowest BCUT2D eigenvalue weighted by Gasteiger charge is -2.27. The van der Waals surface area contributed by atoms with Crippen LogP contribution in [0.3, 0.4) is 0 Å². The normalized spacial score (nSPS) is 14.9. The van der Waals surface area contributed by atoms with E-state index in [1.54, 1.807) is 0 Å². The minimum absolute atomic E-state index is 0.00627. The maximum absolute atomic E-state index is 11.4. The SMILES string of the molecule is CCC(C)(CO)NC(=O)CCCCBr. The Morgan fingerprint density at radius 1 is 1.50 bits per heavy atom. The molecule has 0 aliphatic heterocycles. The van der Waals surface area contributed by atoms with Gasteiger partial charge >= 0.3 is 0 Å². The van der Waals surface area contributed by atoms with Crippen LogP contribution in [0.1, 0.15) is 39.5 Å². The van der Waals surface area contributed by atoms with E-state index in [0.717, 1.165) is 24.6 Å². The van der Waals surface area contributed by atoms with Crippen molar-refractivity contribution in [2.45, 2.75) is 45.1 Å². The second-order valence-corrected chi connectivity index (χ2v) is 4.56. The number of hydrogen-bond acceptors (Lipinski definition) is 2. The Morgan fingerprint density at radius 2 is 2.14 bits per heavy atom. The molecular weight excluding hydrogens is 246 g/mol. The van der Waals surface area contributed by atoms with Gasteiger partial charge in [0, 0.05) is 11.8 Å². The van der Waals surface area contributed by atoms with E-state index in [1.165, 1.54) is 0 Å². The molecule has 0 bridgehead atoms. The van der Waals surface area contributed by atoms with Crippen molar-refractivity contribution in [2.75, 3.05) is 11.9 Å². The first kappa shape index (κ1) is 13.9. The summed E-state index contributed by atoms with van der Waals surface area (Å²) in [6, 6.07) is 0. The van der Waals surface area contributed by atoms with Gasteiger partial charge in [0.2, 0.25) is 5.91 Å². The molecule has 0 fully saturated rings. The van der Waals surface area contributed by atoms with Gasteiger partial charge in [0.15, 0.2) is 0 Å². The molecule has 14 heavy (non-hydrogen) atoms. The molecule has 1 atom stereocenters. The molecule has 0 heterocycles. The largest absolute Gasteiger partial charge is 0.394 e. The molecule has 84 valence electrons. The van der Waals surface area contributed by atoms with E-state index in [9.17, 15) is 4.79 Å². The van der Waals surface area contributed by atoms with Gasteiger partial charge in [-0.1, -0.05) is 22.9 Å². The third-order valence-corrected chi connectivity index (χ3v) is 2.92. The molecule has 1 amide bonds. The first-order chi connectivity index (χ1) is 6.58. The van der Waals surface area contributed by atoms with Crippen LogP contribution in [0, 0.1) is 0 Å². The molecule has 4 heteroatoms. The fourth-order valence-electron chi connectivity index (χ4n) is 1.02. The Bertz CT molecular complexity index is 170. The third kappa shape index (κ3) is 5.60. The first-order valence-electron chi connectivity index (χ1n) is 5.06. The standard InChI is InChI=1S/C10H20BrNO2/c1-3-10(2,8-13)12-9(14)6-4-5-7-11/h13H,3-8H2,1-2H3,(H,12,14). The fourth-order valence-corrected chi connectivity index (χ4v) is 1.42. The summed E-state index contributed by atoms with van der Waals surface area (Å²) in [5.74, 6) is 0.0318. The number of hydrogen-bond donors (Lipinski definition) is 2. The molecule has 0 radical (unpaired) electrons. The van der Waals surface area contributed by atoms with E-state index in [1.807, 2.05) is 13.8 Å². The average Bonchev–Trinajstić information content (AvgIpc) is 2.18. The van der Waals surface area contributed by atoms with Crippen LogP contribution in [-0.2, 0) is 4.79 Å². The topological polar surface area (TPSA) is 49.3 Å². The van der Waals surface area contributed by atoms with Gasteiger partial charge in [0.05, 0.1) is 12.1 Å². The third-order valence-electron chi connectivity index (χ3n) is 2.36. The van der Waals surface area contributed by atoms with Crippen LogP contribution in [0.25, 0.3) is 0 Å². The van der Waals surface area contributed by atoms with Crippen molar-refractivity contribution >= 4 is 21.8 Å². The maximum atomic E-state index is 11.4. The lowest BCUT2D eigenvalue weighted by atomic mass is 10.00. The molecule has 2 N–H and O–H groups in total. The molecule has 0 rings (SSSR count). The van der Waals surface area contributed by atoms with Gasteiger partial charge in [-0.15, -0.1) is 0 Å². The van der Waals surface area contributed by atoms with Crippen molar-refractivity contribution in [1.29, 1.82) is 0 Å². The highest BCUT2D eigenvalue weighted by Crippen LogP contribution is 2.08. The Morgan fingerprint density at radius 3 is 2.57 bits per heavy atom. The molecule has 0 aromatic rings. The second kappa shape index (κ2) is 7.23. The number of nitrogens with one attached hydrogen (secondary N) is 1. The first-order valence-corrected chi connectivity index (χ1v) is 6.18. The Labute approximate surface area is 94.4 Å². The van der Waals surface area contributed by atoms with Crippen molar-refractivity contribution in [3.05, 3.63) is 0 Å². The zero-order chi connectivity index (χ0) is 11.0. The summed E-state index contributed by atoms with van der Waals surface area (Å²) in [5, 5.41) is 12.9. The molecule has 0 aliphatic rings. The monoisotopic (exact) mass is 265 g/mol. The summed E-state index contributed by atoms with van der Waals surface area (Å²) in [5.41, 5.74) is -0.453. The summed E-state index contributed by atoms with van der Waals surface area (Å²) < 4.78 is 0. The Hall–Kier alpha value is -0.0900. The van der Waals surface area contributed by atoms with E-state index in [0.29, 0.717) is 6.42 Å². The van der Waals surface area contributed by atoms with Crippen molar-refractivity contribution in [1.82, 2.24) is 5.32 Å². The van der Waals surface area contributed by atoms with Crippen LogP contribution in [0.2, 0.25) is 0 Å². The second-order valence-electron chi connectivity index (χ2n) is 3.77. The number of alkyl halides is 1. The van der Waals surface area contributed by atoms with Gasteiger partial charge in [-0.3, -0.25) is 4.79 Å². The van der Waals surface area contributed by atoms with Crippen molar-refractivity contribution in [3.63, 3.8) is 0 Å². The van der Waals surface area contributed by atoms with Gasteiger partial charge in [0.1, 0.15) is 0 Å². The lowest BCUT2D eigenvalue weighted by molar-refractivity contribution is -0.123. The predicted molar refractivity (Wildman–Crippen MR) is 61.6 cm³/mol. The lowest BCUT2D eigenvalue weighted by Crippen LogP contribution is -2.48. The van der Waals surface area contributed by atoms with Gasteiger partial charge in [-0.2, -0.15) is 0 Å². The molecular formula is C10H20BrNO2. The minimum atomic E-state index is -0.453. The van der Waals surface area contributed by atoms with Gasteiger partial charge in [-0.25, -0.2) is 0 Å². The molecule has 0 aromatic heterocycles. The number of unbranched alkanes of at least 4 members (excludes halogenated alkanes) is 1. The molecule has 0 aliphatic carbocycles. The van der Waals surface area contributed by atoms with Crippen LogP contribution in [0.15, 0.2) is 0 Å². The average molecular weight is 266 g/mol. The van der Waals surface area contributed by atoms with Crippen LogP contribution in [0.5, 0.6) is 0 Å². The summed E-state index contributed by atoms with van der Waals surface area (Å²) in [4.78, 5) is 11.4. The zero-order valence-electron chi connectivity index (χ0n) is 8.98. The quantitative estimate of drug-likeness (QED) is 0.545. The van der Waals surface area contributed by atoms with Crippen LogP contribution in [0.4, 0.5) is 0 Å². The van der Waals surface area contributed by atoms with Gasteiger partial charge in [-0.05, 0) is 26.2 Å². The van der Waals surface area contributed by atoms with Crippen LogP contribution < -0.4 is 5.32 Å². The number of carbonyl (C=O) groups is 1. The number of amides is 1. The van der Waals surface area contributed by atoms with E-state index in [-0.39, 0.29) is 12.5 Å². The Kier molecular flexibility index (Phi) is 7.19. The number of halogens is 1. The summed E-state index contributed by atoms with van der Waals surface area (Å²) in [6.07, 6.45) is 3.19. The highest BCUT2D eigenvalue weighted by molar-refractivity contribution is 9.09. The Balaban J connectivity index is 3.80. The van der Waals surface area contributed by atoms with Crippen molar-refractivity contribution in [2.24, 2.45) is 0 Å². The zero-order valence-corrected chi connectivity index (χ0v) is 10.6. The van der Waals surface area contributed by atoms with E-state index in [4.69, 9.17) is 5.11 Å². The molecule has 3 nitrogen and oxygen atoms in total. The number of aliphatic hydroxyl groups excluding tert-OH is 1. The van der Waals surface area contributed by atoms with Crippen molar-refractivity contribution < 1.29 is 9.90 Å². The van der Waals surface area contributed by atoms with Crippen LogP contribution >= 0.6 is 15.9 Å². The summed E-state index contributed by atoms with van der Waals surface area (Å²) in [7, 11) is 0. The number of rotatable bonds is 7. The molecule has 0 spiro atoms. The molecule has 0 saturated carbocycles. The summed E-state index contributed by atoms with van der Waals surface area (Å²) in [6.45, 7) is 3.80. The van der Waals surface area contributed by atoms with E-state index >= 15 is 0 Å². The van der Waals surface area contributed by atoms with Crippen LogP contribution in [-0.4, -0.2) is 28.5 Å². The van der Waals surface area contributed by atoms with E-state index in [2.05, 4.69) is 21.2 Å². The fraction of sp³-hybridized carbons (Fsp3) is 0.900. The minimum Gasteiger partial charge on any atom is -0.394 e. The van der Waals surface area contributed by atoms with Gasteiger partial charge in [0.25, 0.3) is 0 Å². The molecule has 0 aromatic carbocycles. The highest BCUT2D eigenvalue weighted by Gasteiger charge is 2.22. The highest BCUT2D eigenvalue weighted by atomic mass is 79.9. The number of aliphatic hydroxyl groups is 1. The van der Waals surface area contributed by atoms with Crippen molar-refractivity contribution in [3.8, 4) is 0 Å².